The van der Waals surface area contributed by atoms with E-state index in [1.54, 1.807) is 24.3 Å². The zero-order valence-electron chi connectivity index (χ0n) is 19.0. The quantitative estimate of drug-likeness (QED) is 0.426. The largest absolute Gasteiger partial charge is 0.490 e. The average molecular weight is 493 g/mol. The van der Waals surface area contributed by atoms with Crippen molar-refractivity contribution in [3.05, 3.63) is 78.1 Å². The molecule has 1 aromatic heterocycles. The summed E-state index contributed by atoms with van der Waals surface area (Å²) >= 11 is 0. The van der Waals surface area contributed by atoms with Gasteiger partial charge in [-0.15, -0.1) is 0 Å². The maximum Gasteiger partial charge on any atom is 0.262 e. The Morgan fingerprint density at radius 1 is 1.00 bits per heavy atom. The number of anilines is 1. The molecule has 0 saturated heterocycles. The van der Waals surface area contributed by atoms with Crippen molar-refractivity contribution in [1.29, 1.82) is 0 Å². The van der Waals surface area contributed by atoms with Crippen LogP contribution in [0.4, 0.5) is 5.69 Å². The van der Waals surface area contributed by atoms with Crippen LogP contribution >= 0.6 is 0 Å². The van der Waals surface area contributed by atoms with Crippen LogP contribution < -0.4 is 19.5 Å². The number of sulfonamides is 1. The summed E-state index contributed by atoms with van der Waals surface area (Å²) in [6.07, 6.45) is 0.723. The molecule has 10 heteroatoms. The summed E-state index contributed by atoms with van der Waals surface area (Å²) in [5, 5.41) is 2.85. The molecule has 0 radical (unpaired) electrons. The van der Waals surface area contributed by atoms with Gasteiger partial charge >= 0.3 is 0 Å². The lowest BCUT2D eigenvalue weighted by molar-refractivity contribution is 0.0949. The topological polar surface area (TPSA) is 112 Å². The molecule has 1 amide bonds. The van der Waals surface area contributed by atoms with Crippen molar-refractivity contribution in [3.63, 3.8) is 0 Å². The van der Waals surface area contributed by atoms with E-state index in [-0.39, 0.29) is 23.0 Å². The summed E-state index contributed by atoms with van der Waals surface area (Å²) < 4.78 is 41.6. The van der Waals surface area contributed by atoms with Crippen LogP contribution in [-0.2, 0) is 23.6 Å². The molecule has 4 aromatic rings. The van der Waals surface area contributed by atoms with E-state index in [4.69, 9.17) is 9.47 Å². The van der Waals surface area contributed by atoms with Gasteiger partial charge in [0.25, 0.3) is 15.9 Å². The van der Waals surface area contributed by atoms with Crippen molar-refractivity contribution in [2.45, 2.75) is 17.9 Å². The van der Waals surface area contributed by atoms with Gasteiger partial charge < -0.3 is 19.4 Å². The summed E-state index contributed by atoms with van der Waals surface area (Å²) in [5.41, 5.74) is 2.42. The van der Waals surface area contributed by atoms with Crippen LogP contribution in [0.25, 0.3) is 11.0 Å². The molecule has 0 bridgehead atoms. The van der Waals surface area contributed by atoms with Gasteiger partial charge in [0.2, 0.25) is 0 Å². The van der Waals surface area contributed by atoms with Crippen LogP contribution in [0.2, 0.25) is 0 Å². The molecule has 0 unspecified atom stereocenters. The molecule has 0 spiro atoms. The highest BCUT2D eigenvalue weighted by Gasteiger charge is 2.20. The van der Waals surface area contributed by atoms with Gasteiger partial charge in [-0.05, 0) is 42.5 Å². The number of hydrogen-bond donors (Lipinski definition) is 2. The molecule has 2 N–H and O–H groups in total. The first-order valence-electron chi connectivity index (χ1n) is 11.1. The fourth-order valence-electron chi connectivity index (χ4n) is 3.86. The molecule has 0 saturated carbocycles. The number of carbonyl (C=O) groups is 1. The minimum absolute atomic E-state index is 0.0402. The van der Waals surface area contributed by atoms with E-state index in [0.29, 0.717) is 36.1 Å². The first-order chi connectivity index (χ1) is 16.9. The van der Waals surface area contributed by atoms with Crippen LogP contribution in [0.1, 0.15) is 22.6 Å². The highest BCUT2D eigenvalue weighted by Crippen LogP contribution is 2.32. The number of aryl methyl sites for hydroxylation is 1. The van der Waals surface area contributed by atoms with E-state index < -0.39 is 10.0 Å². The molecule has 0 atom stereocenters. The summed E-state index contributed by atoms with van der Waals surface area (Å²) in [4.78, 5) is 17.4. The molecule has 0 fully saturated rings. The first-order valence-corrected chi connectivity index (χ1v) is 12.6. The third-order valence-corrected chi connectivity index (χ3v) is 7.07. The van der Waals surface area contributed by atoms with Gasteiger partial charge in [0, 0.05) is 30.8 Å². The van der Waals surface area contributed by atoms with Crippen molar-refractivity contribution in [1.82, 2.24) is 14.9 Å². The van der Waals surface area contributed by atoms with Gasteiger partial charge in [-0.25, -0.2) is 13.4 Å². The van der Waals surface area contributed by atoms with Crippen LogP contribution in [0, 0.1) is 0 Å². The molecule has 9 nitrogen and oxygen atoms in total. The van der Waals surface area contributed by atoms with Crippen molar-refractivity contribution >= 4 is 32.7 Å². The zero-order valence-corrected chi connectivity index (χ0v) is 19.8. The number of ether oxygens (including phenoxy) is 2. The van der Waals surface area contributed by atoms with Crippen molar-refractivity contribution in [2.24, 2.45) is 7.05 Å². The Morgan fingerprint density at radius 2 is 1.80 bits per heavy atom. The minimum Gasteiger partial charge on any atom is -0.490 e. The minimum atomic E-state index is -3.91. The van der Waals surface area contributed by atoms with Crippen LogP contribution in [0.15, 0.2) is 71.6 Å². The highest BCUT2D eigenvalue weighted by molar-refractivity contribution is 7.92. The fraction of sp³-hybridized carbons (Fsp3) is 0.200. The second-order valence-corrected chi connectivity index (χ2v) is 9.79. The predicted molar refractivity (Wildman–Crippen MR) is 131 cm³/mol. The molecule has 0 aliphatic carbocycles. The number of para-hydroxylation sites is 2. The van der Waals surface area contributed by atoms with Gasteiger partial charge in [-0.2, -0.15) is 0 Å². The number of hydrogen-bond acceptors (Lipinski definition) is 6. The molecular formula is C25H24N4O5S. The lowest BCUT2D eigenvalue weighted by Crippen LogP contribution is -2.24. The molecule has 2 heterocycles. The van der Waals surface area contributed by atoms with E-state index >= 15 is 0 Å². The normalized spacial score (nSPS) is 13.3. The maximum atomic E-state index is 13.0. The number of imidazole rings is 1. The van der Waals surface area contributed by atoms with Crippen molar-refractivity contribution < 1.29 is 22.7 Å². The number of nitrogens with zero attached hydrogens (tertiary/aromatic N) is 2. The third-order valence-electron chi connectivity index (χ3n) is 5.69. The average Bonchev–Trinajstić information content (AvgIpc) is 3.02. The van der Waals surface area contributed by atoms with E-state index in [9.17, 15) is 13.2 Å². The number of rotatable bonds is 6. The Balaban J connectivity index is 1.29. The summed E-state index contributed by atoms with van der Waals surface area (Å²) in [6, 6.07) is 18.5. The molecule has 3 aromatic carbocycles. The van der Waals surface area contributed by atoms with Gasteiger partial charge in [0.05, 0.1) is 35.7 Å². The Kier molecular flexibility index (Phi) is 6.04. The number of aromatic nitrogens is 2. The standard InChI is InChI=1S/C25H24N4O5S/c1-29-21-9-3-2-8-20(21)27-24(29)16-26-25(30)17-6-4-7-18(14-17)28-35(31,32)19-10-11-22-23(15-19)34-13-5-12-33-22/h2-4,6-11,14-15,28H,5,12-13,16H2,1H3,(H,26,30). The second kappa shape index (κ2) is 9.30. The summed E-state index contributed by atoms with van der Waals surface area (Å²) in [7, 11) is -2.01. The second-order valence-electron chi connectivity index (χ2n) is 8.10. The van der Waals surface area contributed by atoms with Crippen molar-refractivity contribution in [3.8, 4) is 11.5 Å². The van der Waals surface area contributed by atoms with Crippen LogP contribution in [0.3, 0.4) is 0 Å². The SMILES string of the molecule is Cn1c(CNC(=O)c2cccc(NS(=O)(=O)c3ccc4c(c3)OCCCO4)c2)nc2ccccc21. The van der Waals surface area contributed by atoms with Gasteiger partial charge in [-0.3, -0.25) is 9.52 Å². The molecule has 180 valence electrons. The number of fused-ring (bicyclic) bond motifs is 2. The smallest absolute Gasteiger partial charge is 0.262 e. The number of nitrogens with one attached hydrogen (secondary N) is 2. The Labute approximate surface area is 202 Å². The highest BCUT2D eigenvalue weighted by atomic mass is 32.2. The van der Waals surface area contributed by atoms with Gasteiger partial charge in [0.15, 0.2) is 11.5 Å². The van der Waals surface area contributed by atoms with E-state index in [1.807, 2.05) is 35.9 Å². The molecule has 1 aliphatic rings. The van der Waals surface area contributed by atoms with Gasteiger partial charge in [0.1, 0.15) is 5.82 Å². The molecule has 5 rings (SSSR count). The Bertz CT molecular complexity index is 1510. The predicted octanol–water partition coefficient (Wildman–Crippen LogP) is 3.47. The van der Waals surface area contributed by atoms with Crippen LogP contribution in [0.5, 0.6) is 11.5 Å². The third kappa shape index (κ3) is 4.78. The van der Waals surface area contributed by atoms with E-state index in [1.165, 1.54) is 18.2 Å². The Hall–Kier alpha value is -4.05. The van der Waals surface area contributed by atoms with Crippen molar-refractivity contribution in [2.75, 3.05) is 17.9 Å². The maximum absolute atomic E-state index is 13.0. The summed E-state index contributed by atoms with van der Waals surface area (Å²) in [5.74, 6) is 1.28. The Morgan fingerprint density at radius 3 is 2.63 bits per heavy atom. The van der Waals surface area contributed by atoms with E-state index in [2.05, 4.69) is 15.0 Å². The van der Waals surface area contributed by atoms with E-state index in [0.717, 1.165) is 17.5 Å². The van der Waals surface area contributed by atoms with Crippen LogP contribution in [-0.4, -0.2) is 37.1 Å². The number of benzene rings is 3. The first kappa shape index (κ1) is 22.7. The molecule has 1 aliphatic heterocycles. The lowest BCUT2D eigenvalue weighted by Gasteiger charge is -2.12. The fourth-order valence-corrected chi connectivity index (χ4v) is 4.93. The number of carbonyl (C=O) groups excluding carboxylic acids is 1. The number of amides is 1. The molecular weight excluding hydrogens is 468 g/mol. The summed E-state index contributed by atoms with van der Waals surface area (Å²) in [6.45, 7) is 1.20. The lowest BCUT2D eigenvalue weighted by atomic mass is 10.2. The zero-order chi connectivity index (χ0) is 24.4. The van der Waals surface area contributed by atoms with Gasteiger partial charge in [-0.1, -0.05) is 18.2 Å². The molecule has 35 heavy (non-hydrogen) atoms. The monoisotopic (exact) mass is 492 g/mol.